The highest BCUT2D eigenvalue weighted by Crippen LogP contribution is 2.27. The van der Waals surface area contributed by atoms with Crippen molar-refractivity contribution in [1.29, 1.82) is 0 Å². The fraction of sp³-hybridized carbons (Fsp3) is 0.600. The van der Waals surface area contributed by atoms with Crippen molar-refractivity contribution in [3.63, 3.8) is 0 Å². The fourth-order valence-corrected chi connectivity index (χ4v) is 2.56. The van der Waals surface area contributed by atoms with E-state index in [9.17, 15) is 0 Å². The molecule has 0 heterocycles. The van der Waals surface area contributed by atoms with Gasteiger partial charge < -0.3 is 0 Å². The molecule has 1 unspecified atom stereocenters. The molecule has 0 amide bonds. The molecule has 0 radical (unpaired) electrons. The third-order valence-electron chi connectivity index (χ3n) is 2.99. The molecule has 1 aromatic carbocycles. The summed E-state index contributed by atoms with van der Waals surface area (Å²) in [6.45, 7) is 6.87. The molecule has 0 aliphatic carbocycles. The SMILES string of the molecule is CC(C)(C)CCC(CCl)Cc1ccccc1Br. The molecule has 2 heteroatoms. The van der Waals surface area contributed by atoms with Gasteiger partial charge in [-0.1, -0.05) is 54.9 Å². The molecule has 17 heavy (non-hydrogen) atoms. The molecular formula is C15H22BrCl. The van der Waals surface area contributed by atoms with E-state index in [1.165, 1.54) is 22.9 Å². The minimum absolute atomic E-state index is 0.401. The fourth-order valence-electron chi connectivity index (χ4n) is 1.85. The maximum atomic E-state index is 6.08. The minimum atomic E-state index is 0.401. The summed E-state index contributed by atoms with van der Waals surface area (Å²) >= 11 is 9.68. The molecule has 0 saturated carbocycles. The van der Waals surface area contributed by atoms with Crippen molar-refractivity contribution in [2.45, 2.75) is 40.0 Å². The Morgan fingerprint density at radius 1 is 1.24 bits per heavy atom. The van der Waals surface area contributed by atoms with Gasteiger partial charge in [0.15, 0.2) is 0 Å². The van der Waals surface area contributed by atoms with E-state index in [-0.39, 0.29) is 0 Å². The van der Waals surface area contributed by atoms with Gasteiger partial charge in [0, 0.05) is 10.4 Å². The van der Waals surface area contributed by atoms with Crippen LogP contribution in [0.2, 0.25) is 0 Å². The Balaban J connectivity index is 2.56. The van der Waals surface area contributed by atoms with Crippen LogP contribution in [0.3, 0.4) is 0 Å². The van der Waals surface area contributed by atoms with Gasteiger partial charge in [0.25, 0.3) is 0 Å². The number of hydrogen-bond acceptors (Lipinski definition) is 0. The molecular weight excluding hydrogens is 296 g/mol. The summed E-state index contributed by atoms with van der Waals surface area (Å²) in [6.07, 6.45) is 3.50. The second-order valence-corrected chi connectivity index (χ2v) is 7.08. The molecule has 0 aliphatic heterocycles. The van der Waals surface area contributed by atoms with Crippen LogP contribution in [0.4, 0.5) is 0 Å². The monoisotopic (exact) mass is 316 g/mol. The van der Waals surface area contributed by atoms with Crippen molar-refractivity contribution in [3.05, 3.63) is 34.3 Å². The number of halogens is 2. The lowest BCUT2D eigenvalue weighted by molar-refractivity contribution is 0.330. The first-order valence-electron chi connectivity index (χ1n) is 6.22. The van der Waals surface area contributed by atoms with E-state index in [2.05, 4.69) is 61.0 Å². The quantitative estimate of drug-likeness (QED) is 0.613. The van der Waals surface area contributed by atoms with Crippen molar-refractivity contribution in [2.75, 3.05) is 5.88 Å². The molecule has 0 spiro atoms. The molecule has 0 saturated heterocycles. The van der Waals surface area contributed by atoms with Crippen molar-refractivity contribution >= 4 is 27.5 Å². The molecule has 1 rings (SSSR count). The van der Waals surface area contributed by atoms with Crippen LogP contribution in [-0.2, 0) is 6.42 Å². The summed E-state index contributed by atoms with van der Waals surface area (Å²) in [5.74, 6) is 1.33. The molecule has 0 N–H and O–H groups in total. The lowest BCUT2D eigenvalue weighted by Gasteiger charge is -2.22. The Bertz CT molecular complexity index is 341. The second-order valence-electron chi connectivity index (χ2n) is 5.92. The van der Waals surface area contributed by atoms with Gasteiger partial charge in [-0.2, -0.15) is 0 Å². The van der Waals surface area contributed by atoms with Gasteiger partial charge in [0.1, 0.15) is 0 Å². The van der Waals surface area contributed by atoms with E-state index in [1.54, 1.807) is 0 Å². The summed E-state index contributed by atoms with van der Waals surface area (Å²) in [5, 5.41) is 0. The lowest BCUT2D eigenvalue weighted by Crippen LogP contribution is -2.12. The van der Waals surface area contributed by atoms with Crippen LogP contribution >= 0.6 is 27.5 Å². The summed E-state index contributed by atoms with van der Waals surface area (Å²) in [6, 6.07) is 8.43. The Morgan fingerprint density at radius 3 is 2.41 bits per heavy atom. The predicted molar refractivity (Wildman–Crippen MR) is 80.7 cm³/mol. The average Bonchev–Trinajstić information content (AvgIpc) is 2.25. The van der Waals surface area contributed by atoms with Gasteiger partial charge in [0.2, 0.25) is 0 Å². The van der Waals surface area contributed by atoms with Crippen molar-refractivity contribution in [3.8, 4) is 0 Å². The maximum Gasteiger partial charge on any atom is 0.0254 e. The van der Waals surface area contributed by atoms with E-state index in [4.69, 9.17) is 11.6 Å². The normalized spacial score (nSPS) is 13.7. The third kappa shape index (κ3) is 5.92. The molecule has 0 bridgehead atoms. The van der Waals surface area contributed by atoms with Crippen LogP contribution in [0.1, 0.15) is 39.2 Å². The van der Waals surface area contributed by atoms with Gasteiger partial charge >= 0.3 is 0 Å². The number of benzene rings is 1. The van der Waals surface area contributed by atoms with Crippen molar-refractivity contribution < 1.29 is 0 Å². The highest BCUT2D eigenvalue weighted by atomic mass is 79.9. The lowest BCUT2D eigenvalue weighted by atomic mass is 9.85. The zero-order valence-corrected chi connectivity index (χ0v) is 13.3. The predicted octanol–water partition coefficient (Wildman–Crippen LogP) is 5.67. The van der Waals surface area contributed by atoms with Gasteiger partial charge in [-0.25, -0.2) is 0 Å². The first-order chi connectivity index (χ1) is 7.92. The first kappa shape index (κ1) is 15.0. The Kier molecular flexibility index (Phi) is 6.02. The maximum absolute atomic E-state index is 6.08. The molecule has 0 aliphatic rings. The van der Waals surface area contributed by atoms with Crippen molar-refractivity contribution in [2.24, 2.45) is 11.3 Å². The van der Waals surface area contributed by atoms with E-state index >= 15 is 0 Å². The van der Waals surface area contributed by atoms with E-state index in [0.29, 0.717) is 11.3 Å². The van der Waals surface area contributed by atoms with Crippen LogP contribution in [0, 0.1) is 11.3 Å². The van der Waals surface area contributed by atoms with Crippen LogP contribution in [0.5, 0.6) is 0 Å². The van der Waals surface area contributed by atoms with E-state index in [0.717, 1.165) is 12.3 Å². The zero-order valence-electron chi connectivity index (χ0n) is 11.0. The van der Waals surface area contributed by atoms with Gasteiger partial charge in [-0.3, -0.25) is 0 Å². The summed E-state index contributed by atoms with van der Waals surface area (Å²) in [7, 11) is 0. The second kappa shape index (κ2) is 6.80. The summed E-state index contributed by atoms with van der Waals surface area (Å²) in [5.41, 5.74) is 1.77. The van der Waals surface area contributed by atoms with Gasteiger partial charge in [-0.05, 0) is 42.2 Å². The van der Waals surface area contributed by atoms with Crippen molar-refractivity contribution in [1.82, 2.24) is 0 Å². The Morgan fingerprint density at radius 2 is 1.88 bits per heavy atom. The summed E-state index contributed by atoms with van der Waals surface area (Å²) in [4.78, 5) is 0. The largest absolute Gasteiger partial charge is 0.126 e. The van der Waals surface area contributed by atoms with Crippen LogP contribution in [0.15, 0.2) is 28.7 Å². The third-order valence-corrected chi connectivity index (χ3v) is 4.20. The number of alkyl halides is 1. The van der Waals surface area contributed by atoms with Crippen LogP contribution in [0.25, 0.3) is 0 Å². The Hall–Kier alpha value is -0.0100. The highest BCUT2D eigenvalue weighted by Gasteiger charge is 2.16. The molecule has 1 atom stereocenters. The molecule has 0 nitrogen and oxygen atoms in total. The zero-order chi connectivity index (χ0) is 12.9. The molecule has 0 aromatic heterocycles. The molecule has 1 aromatic rings. The standard InChI is InChI=1S/C15H22BrCl/c1-15(2,3)9-8-12(11-17)10-13-6-4-5-7-14(13)16/h4-7,12H,8-11H2,1-3H3. The number of hydrogen-bond donors (Lipinski definition) is 0. The van der Waals surface area contributed by atoms with Gasteiger partial charge in [0.05, 0.1) is 0 Å². The highest BCUT2D eigenvalue weighted by molar-refractivity contribution is 9.10. The van der Waals surface area contributed by atoms with Crippen LogP contribution < -0.4 is 0 Å². The molecule has 0 fully saturated rings. The summed E-state index contributed by atoms with van der Waals surface area (Å²) < 4.78 is 1.20. The van der Waals surface area contributed by atoms with E-state index in [1.807, 2.05) is 0 Å². The molecule has 96 valence electrons. The minimum Gasteiger partial charge on any atom is -0.126 e. The first-order valence-corrected chi connectivity index (χ1v) is 7.54. The smallest absolute Gasteiger partial charge is 0.0254 e. The Labute approximate surface area is 119 Å². The topological polar surface area (TPSA) is 0 Å². The van der Waals surface area contributed by atoms with Crippen LogP contribution in [-0.4, -0.2) is 5.88 Å². The number of rotatable bonds is 5. The average molecular weight is 318 g/mol. The van der Waals surface area contributed by atoms with E-state index < -0.39 is 0 Å². The van der Waals surface area contributed by atoms with Gasteiger partial charge in [-0.15, -0.1) is 11.6 Å².